The summed E-state index contributed by atoms with van der Waals surface area (Å²) >= 11 is 0. The molecule has 1 aliphatic carbocycles. The molecular weight excluding hydrogens is 256 g/mol. The van der Waals surface area contributed by atoms with Gasteiger partial charge < -0.3 is 15.4 Å². The summed E-state index contributed by atoms with van der Waals surface area (Å²) in [6.07, 6.45) is 4.75. The summed E-state index contributed by atoms with van der Waals surface area (Å²) in [6, 6.07) is 1.72. The van der Waals surface area contributed by atoms with E-state index in [9.17, 15) is 14.7 Å². The van der Waals surface area contributed by atoms with Crippen LogP contribution in [0.5, 0.6) is 0 Å². The minimum absolute atomic E-state index is 0.177. The molecule has 1 aliphatic rings. The first-order chi connectivity index (χ1) is 9.61. The summed E-state index contributed by atoms with van der Waals surface area (Å²) in [5.74, 6) is -0.358. The van der Waals surface area contributed by atoms with Crippen molar-refractivity contribution in [2.24, 2.45) is 0 Å². The van der Waals surface area contributed by atoms with Gasteiger partial charge in [-0.2, -0.15) is 0 Å². The first-order valence-corrected chi connectivity index (χ1v) is 7.33. The fourth-order valence-electron chi connectivity index (χ4n) is 2.50. The van der Waals surface area contributed by atoms with E-state index in [1.165, 1.54) is 0 Å². The van der Waals surface area contributed by atoms with Gasteiger partial charge in [0.15, 0.2) is 0 Å². The van der Waals surface area contributed by atoms with E-state index >= 15 is 0 Å². The lowest BCUT2D eigenvalue weighted by Gasteiger charge is -2.16. The van der Waals surface area contributed by atoms with Gasteiger partial charge in [0.1, 0.15) is 5.56 Å². The van der Waals surface area contributed by atoms with Crippen LogP contribution in [-0.2, 0) is 12.8 Å². The van der Waals surface area contributed by atoms with Crippen LogP contribution >= 0.6 is 0 Å². The van der Waals surface area contributed by atoms with E-state index in [2.05, 4.69) is 10.3 Å². The number of nitrogens with one attached hydrogen (secondary N) is 2. The van der Waals surface area contributed by atoms with Gasteiger partial charge in [0.2, 0.25) is 0 Å². The largest absolute Gasteiger partial charge is 0.393 e. The average molecular weight is 278 g/mol. The number of rotatable bonds is 5. The molecule has 0 saturated carbocycles. The molecule has 0 spiro atoms. The van der Waals surface area contributed by atoms with Crippen molar-refractivity contribution in [3.05, 3.63) is 33.2 Å². The first-order valence-electron chi connectivity index (χ1n) is 7.33. The second-order valence-corrected chi connectivity index (χ2v) is 5.33. The van der Waals surface area contributed by atoms with E-state index < -0.39 is 6.10 Å². The number of H-pyrrole nitrogens is 1. The molecule has 110 valence electrons. The lowest BCUT2D eigenvalue weighted by molar-refractivity contribution is 0.0940. The number of carbonyl (C=O) groups is 1. The lowest BCUT2D eigenvalue weighted by Crippen LogP contribution is -2.32. The molecule has 1 atom stereocenters. The molecule has 0 aliphatic heterocycles. The van der Waals surface area contributed by atoms with Crippen molar-refractivity contribution in [3.63, 3.8) is 0 Å². The van der Waals surface area contributed by atoms with Crippen LogP contribution in [0.15, 0.2) is 10.9 Å². The highest BCUT2D eigenvalue weighted by Gasteiger charge is 2.16. The van der Waals surface area contributed by atoms with Crippen LogP contribution in [-0.4, -0.2) is 28.6 Å². The maximum absolute atomic E-state index is 12.0. The van der Waals surface area contributed by atoms with Gasteiger partial charge in [-0.05, 0) is 50.2 Å². The normalized spacial score (nSPS) is 15.5. The number of amides is 1. The lowest BCUT2D eigenvalue weighted by atomic mass is 9.95. The van der Waals surface area contributed by atoms with Crippen molar-refractivity contribution in [1.29, 1.82) is 0 Å². The van der Waals surface area contributed by atoms with Crippen molar-refractivity contribution < 1.29 is 9.90 Å². The summed E-state index contributed by atoms with van der Waals surface area (Å²) in [4.78, 5) is 26.8. The quantitative estimate of drug-likeness (QED) is 0.755. The fourth-order valence-corrected chi connectivity index (χ4v) is 2.50. The van der Waals surface area contributed by atoms with Crippen molar-refractivity contribution >= 4 is 5.91 Å². The molecule has 0 fully saturated rings. The summed E-state index contributed by atoms with van der Waals surface area (Å²) in [7, 11) is 0. The van der Waals surface area contributed by atoms with Crippen LogP contribution in [0.4, 0.5) is 0 Å². The van der Waals surface area contributed by atoms with Gasteiger partial charge in [0.25, 0.3) is 11.5 Å². The van der Waals surface area contributed by atoms with E-state index in [4.69, 9.17) is 0 Å². The Balaban J connectivity index is 2.04. The van der Waals surface area contributed by atoms with Crippen LogP contribution in [0.3, 0.4) is 0 Å². The summed E-state index contributed by atoms with van der Waals surface area (Å²) in [6.45, 7) is 2.27. The number of carbonyl (C=O) groups excluding carboxylic acids is 1. The van der Waals surface area contributed by atoms with Crippen molar-refractivity contribution in [1.82, 2.24) is 10.3 Å². The molecule has 1 heterocycles. The molecule has 2 rings (SSSR count). The molecule has 20 heavy (non-hydrogen) atoms. The van der Waals surface area contributed by atoms with E-state index in [0.29, 0.717) is 19.4 Å². The predicted octanol–water partition coefficient (Wildman–Crippen LogP) is 1.14. The zero-order valence-corrected chi connectivity index (χ0v) is 11.9. The van der Waals surface area contributed by atoms with Crippen LogP contribution < -0.4 is 10.9 Å². The number of aliphatic hydroxyl groups is 1. The van der Waals surface area contributed by atoms with Gasteiger partial charge in [0, 0.05) is 12.2 Å². The summed E-state index contributed by atoms with van der Waals surface area (Å²) in [5, 5.41) is 12.1. The monoisotopic (exact) mass is 278 g/mol. The number of aryl methyl sites for hydroxylation is 2. The molecular formula is C15H22N2O3. The molecule has 1 aromatic heterocycles. The number of aliphatic hydroxyl groups excluding tert-OH is 1. The van der Waals surface area contributed by atoms with Gasteiger partial charge in [-0.3, -0.25) is 9.59 Å². The molecule has 1 unspecified atom stereocenters. The molecule has 0 radical (unpaired) electrons. The van der Waals surface area contributed by atoms with E-state index in [0.717, 1.165) is 36.9 Å². The van der Waals surface area contributed by atoms with E-state index in [-0.39, 0.29) is 17.0 Å². The average Bonchev–Trinajstić information content (AvgIpc) is 2.46. The Bertz CT molecular complexity index is 536. The van der Waals surface area contributed by atoms with Crippen LogP contribution in [0.2, 0.25) is 0 Å². The minimum Gasteiger partial charge on any atom is -0.393 e. The zero-order chi connectivity index (χ0) is 14.5. The second kappa shape index (κ2) is 6.70. The third kappa shape index (κ3) is 3.48. The standard InChI is InChI=1S/C15H22N2O3/c1-2-11(18)7-8-16-14(19)12-9-10-5-3-4-6-13(10)17-15(12)20/h9,11,18H,2-8H2,1H3,(H,16,19)(H,17,20). The highest BCUT2D eigenvalue weighted by atomic mass is 16.3. The number of aromatic nitrogens is 1. The van der Waals surface area contributed by atoms with E-state index in [1.54, 1.807) is 6.07 Å². The Hall–Kier alpha value is -1.62. The number of hydrogen-bond acceptors (Lipinski definition) is 3. The number of fused-ring (bicyclic) bond motifs is 1. The Morgan fingerprint density at radius 2 is 2.20 bits per heavy atom. The van der Waals surface area contributed by atoms with Gasteiger partial charge >= 0.3 is 0 Å². The third-order valence-corrected chi connectivity index (χ3v) is 3.82. The number of pyridine rings is 1. The van der Waals surface area contributed by atoms with Crippen LogP contribution in [0.1, 0.15) is 54.2 Å². The van der Waals surface area contributed by atoms with Gasteiger partial charge in [-0.1, -0.05) is 6.92 Å². The molecule has 0 bridgehead atoms. The van der Waals surface area contributed by atoms with Crippen LogP contribution in [0.25, 0.3) is 0 Å². The first kappa shape index (κ1) is 14.8. The van der Waals surface area contributed by atoms with Gasteiger partial charge in [0.05, 0.1) is 6.10 Å². The maximum atomic E-state index is 12.0. The highest BCUT2D eigenvalue weighted by Crippen LogP contribution is 2.18. The van der Waals surface area contributed by atoms with Crippen molar-refractivity contribution in [2.75, 3.05) is 6.54 Å². The summed E-state index contributed by atoms with van der Waals surface area (Å²) < 4.78 is 0. The molecule has 3 N–H and O–H groups in total. The van der Waals surface area contributed by atoms with Gasteiger partial charge in [-0.25, -0.2) is 0 Å². The number of hydrogen-bond donors (Lipinski definition) is 3. The van der Waals surface area contributed by atoms with Crippen molar-refractivity contribution in [3.8, 4) is 0 Å². The van der Waals surface area contributed by atoms with E-state index in [1.807, 2.05) is 6.92 Å². The SMILES string of the molecule is CCC(O)CCNC(=O)c1cc2c([nH]c1=O)CCCC2. The fraction of sp³-hybridized carbons (Fsp3) is 0.600. The summed E-state index contributed by atoms with van der Waals surface area (Å²) in [5.41, 5.74) is 1.91. The second-order valence-electron chi connectivity index (χ2n) is 5.33. The molecule has 5 nitrogen and oxygen atoms in total. The maximum Gasteiger partial charge on any atom is 0.261 e. The zero-order valence-electron chi connectivity index (χ0n) is 11.9. The Morgan fingerprint density at radius 1 is 1.45 bits per heavy atom. The topological polar surface area (TPSA) is 82.2 Å². The molecule has 5 heteroatoms. The van der Waals surface area contributed by atoms with Crippen LogP contribution in [0, 0.1) is 0 Å². The minimum atomic E-state index is -0.405. The predicted molar refractivity (Wildman–Crippen MR) is 77.0 cm³/mol. The smallest absolute Gasteiger partial charge is 0.261 e. The molecule has 1 amide bonds. The Morgan fingerprint density at radius 3 is 2.95 bits per heavy atom. The Labute approximate surface area is 118 Å². The third-order valence-electron chi connectivity index (χ3n) is 3.82. The van der Waals surface area contributed by atoms with Gasteiger partial charge in [-0.15, -0.1) is 0 Å². The molecule has 0 aromatic carbocycles. The molecule has 1 aromatic rings. The van der Waals surface area contributed by atoms with Crippen molar-refractivity contribution in [2.45, 2.75) is 51.6 Å². The molecule has 0 saturated heterocycles. The number of aromatic amines is 1. The Kier molecular flexibility index (Phi) is 4.95. The highest BCUT2D eigenvalue weighted by molar-refractivity contribution is 5.94.